The summed E-state index contributed by atoms with van der Waals surface area (Å²) in [5.74, 6) is 0.108. The summed E-state index contributed by atoms with van der Waals surface area (Å²) in [6, 6.07) is 0.359. The predicted octanol–water partition coefficient (Wildman–Crippen LogP) is 1.30. The number of rotatable bonds is 4. The molecule has 0 spiro atoms. The molecule has 1 unspecified atom stereocenters. The molecule has 1 atom stereocenters. The third-order valence-electron chi connectivity index (χ3n) is 3.78. The van der Waals surface area contributed by atoms with Gasteiger partial charge in [-0.05, 0) is 19.3 Å². The van der Waals surface area contributed by atoms with Crippen LogP contribution >= 0.6 is 0 Å². The van der Waals surface area contributed by atoms with Gasteiger partial charge in [0, 0.05) is 25.6 Å². The van der Waals surface area contributed by atoms with Crippen LogP contribution in [0, 0.1) is 5.92 Å². The molecule has 0 radical (unpaired) electrons. The Labute approximate surface area is 103 Å². The number of carbonyl (C=O) groups is 2. The molecule has 2 rings (SSSR count). The van der Waals surface area contributed by atoms with Crippen LogP contribution in [0.25, 0.3) is 0 Å². The summed E-state index contributed by atoms with van der Waals surface area (Å²) in [5, 5.41) is 3.09. The van der Waals surface area contributed by atoms with Crippen molar-refractivity contribution in [3.63, 3.8) is 0 Å². The number of amides is 2. The Balaban J connectivity index is 1.82. The standard InChI is InChI=1S/C13H22N2O2/c1-2-7-15-9-10(8-12(15)16)13(17)14-11-5-3-4-6-11/h10-11H,2-9H2,1H3,(H,14,17). The maximum Gasteiger partial charge on any atom is 0.225 e. The third-order valence-corrected chi connectivity index (χ3v) is 3.78. The summed E-state index contributed by atoms with van der Waals surface area (Å²) in [7, 11) is 0. The van der Waals surface area contributed by atoms with Crippen molar-refractivity contribution in [2.45, 2.75) is 51.5 Å². The lowest BCUT2D eigenvalue weighted by Gasteiger charge is -2.17. The number of nitrogens with one attached hydrogen (secondary N) is 1. The summed E-state index contributed by atoms with van der Waals surface area (Å²) in [6.45, 7) is 3.45. The molecule has 1 aliphatic heterocycles. The van der Waals surface area contributed by atoms with Gasteiger partial charge in [-0.25, -0.2) is 0 Å². The molecule has 2 fully saturated rings. The normalized spacial score (nSPS) is 25.6. The summed E-state index contributed by atoms with van der Waals surface area (Å²) in [4.78, 5) is 25.5. The Morgan fingerprint density at radius 3 is 2.76 bits per heavy atom. The van der Waals surface area contributed by atoms with Gasteiger partial charge < -0.3 is 10.2 Å². The lowest BCUT2D eigenvalue weighted by atomic mass is 10.1. The molecule has 96 valence electrons. The maximum absolute atomic E-state index is 12.0. The molecule has 1 N–H and O–H groups in total. The van der Waals surface area contributed by atoms with E-state index < -0.39 is 0 Å². The van der Waals surface area contributed by atoms with E-state index in [1.165, 1.54) is 12.8 Å². The molecule has 0 aromatic carbocycles. The van der Waals surface area contributed by atoms with E-state index in [0.29, 0.717) is 19.0 Å². The highest BCUT2D eigenvalue weighted by Crippen LogP contribution is 2.21. The lowest BCUT2D eigenvalue weighted by Crippen LogP contribution is -2.38. The first-order valence-electron chi connectivity index (χ1n) is 6.79. The van der Waals surface area contributed by atoms with Crippen LogP contribution in [-0.2, 0) is 9.59 Å². The van der Waals surface area contributed by atoms with Gasteiger partial charge in [0.2, 0.25) is 11.8 Å². The first-order valence-corrected chi connectivity index (χ1v) is 6.79. The van der Waals surface area contributed by atoms with Crippen molar-refractivity contribution in [1.82, 2.24) is 10.2 Å². The first-order chi connectivity index (χ1) is 8.20. The van der Waals surface area contributed by atoms with Gasteiger partial charge in [0.1, 0.15) is 0 Å². The van der Waals surface area contributed by atoms with E-state index in [4.69, 9.17) is 0 Å². The maximum atomic E-state index is 12.0. The van der Waals surface area contributed by atoms with Crippen LogP contribution in [0.2, 0.25) is 0 Å². The summed E-state index contributed by atoms with van der Waals surface area (Å²) in [5.41, 5.74) is 0. The van der Waals surface area contributed by atoms with E-state index in [0.717, 1.165) is 25.8 Å². The van der Waals surface area contributed by atoms with Crippen LogP contribution in [0.4, 0.5) is 0 Å². The van der Waals surface area contributed by atoms with Crippen LogP contribution in [0.5, 0.6) is 0 Å². The number of carbonyl (C=O) groups excluding carboxylic acids is 2. The third kappa shape index (κ3) is 2.99. The number of hydrogen-bond donors (Lipinski definition) is 1. The molecule has 4 nitrogen and oxygen atoms in total. The number of nitrogens with zero attached hydrogens (tertiary/aromatic N) is 1. The average molecular weight is 238 g/mol. The van der Waals surface area contributed by atoms with Gasteiger partial charge in [0.25, 0.3) is 0 Å². The van der Waals surface area contributed by atoms with Gasteiger partial charge in [0.05, 0.1) is 5.92 Å². The molecule has 0 bridgehead atoms. The molecule has 17 heavy (non-hydrogen) atoms. The molecule has 2 amide bonds. The van der Waals surface area contributed by atoms with Gasteiger partial charge in [-0.15, -0.1) is 0 Å². The second-order valence-corrected chi connectivity index (χ2v) is 5.23. The van der Waals surface area contributed by atoms with E-state index in [9.17, 15) is 9.59 Å². The van der Waals surface area contributed by atoms with Crippen molar-refractivity contribution in [3.8, 4) is 0 Å². The summed E-state index contributed by atoms with van der Waals surface area (Å²) < 4.78 is 0. The molecule has 0 aromatic rings. The second-order valence-electron chi connectivity index (χ2n) is 5.23. The van der Waals surface area contributed by atoms with E-state index in [2.05, 4.69) is 12.2 Å². The van der Waals surface area contributed by atoms with Crippen LogP contribution in [-0.4, -0.2) is 35.8 Å². The predicted molar refractivity (Wildman–Crippen MR) is 65.4 cm³/mol. The molecule has 1 saturated heterocycles. The van der Waals surface area contributed by atoms with Crippen molar-refractivity contribution in [1.29, 1.82) is 0 Å². The van der Waals surface area contributed by atoms with Crippen molar-refractivity contribution in [2.24, 2.45) is 5.92 Å². The Bertz CT molecular complexity index is 298. The highest BCUT2D eigenvalue weighted by atomic mass is 16.2. The molecular formula is C13H22N2O2. The van der Waals surface area contributed by atoms with E-state index in [1.54, 1.807) is 0 Å². The Hall–Kier alpha value is -1.06. The van der Waals surface area contributed by atoms with Crippen molar-refractivity contribution >= 4 is 11.8 Å². The number of hydrogen-bond acceptors (Lipinski definition) is 2. The quantitative estimate of drug-likeness (QED) is 0.802. The fraction of sp³-hybridized carbons (Fsp3) is 0.846. The Kier molecular flexibility index (Phi) is 4.02. The van der Waals surface area contributed by atoms with Gasteiger partial charge in [0.15, 0.2) is 0 Å². The first kappa shape index (κ1) is 12.4. The van der Waals surface area contributed by atoms with E-state index in [-0.39, 0.29) is 17.7 Å². The van der Waals surface area contributed by atoms with Crippen LogP contribution < -0.4 is 5.32 Å². The Morgan fingerprint density at radius 2 is 2.12 bits per heavy atom. The minimum Gasteiger partial charge on any atom is -0.353 e. The van der Waals surface area contributed by atoms with Gasteiger partial charge >= 0.3 is 0 Å². The molecule has 1 heterocycles. The zero-order valence-electron chi connectivity index (χ0n) is 10.6. The smallest absolute Gasteiger partial charge is 0.225 e. The molecule has 4 heteroatoms. The molecule has 1 aliphatic carbocycles. The highest BCUT2D eigenvalue weighted by molar-refractivity contribution is 5.89. The number of likely N-dealkylation sites (tertiary alicyclic amines) is 1. The van der Waals surface area contributed by atoms with Gasteiger partial charge in [-0.1, -0.05) is 19.8 Å². The van der Waals surface area contributed by atoms with Crippen molar-refractivity contribution < 1.29 is 9.59 Å². The minimum absolute atomic E-state index is 0.0869. The zero-order chi connectivity index (χ0) is 12.3. The minimum atomic E-state index is -0.116. The second kappa shape index (κ2) is 5.52. The summed E-state index contributed by atoms with van der Waals surface area (Å²) in [6.07, 6.45) is 6.00. The van der Waals surface area contributed by atoms with Gasteiger partial charge in [-0.3, -0.25) is 9.59 Å². The van der Waals surface area contributed by atoms with Gasteiger partial charge in [-0.2, -0.15) is 0 Å². The molecule has 0 aromatic heterocycles. The fourth-order valence-electron chi connectivity index (χ4n) is 2.82. The topological polar surface area (TPSA) is 49.4 Å². The molecule has 2 aliphatic rings. The largest absolute Gasteiger partial charge is 0.353 e. The molecule has 1 saturated carbocycles. The van der Waals surface area contributed by atoms with Crippen LogP contribution in [0.1, 0.15) is 45.4 Å². The SMILES string of the molecule is CCCN1CC(C(=O)NC2CCCC2)CC1=O. The van der Waals surface area contributed by atoms with Crippen molar-refractivity contribution in [3.05, 3.63) is 0 Å². The fourth-order valence-corrected chi connectivity index (χ4v) is 2.82. The van der Waals surface area contributed by atoms with Crippen LogP contribution in [0.3, 0.4) is 0 Å². The Morgan fingerprint density at radius 1 is 1.41 bits per heavy atom. The lowest BCUT2D eigenvalue weighted by molar-refractivity contribution is -0.129. The van der Waals surface area contributed by atoms with E-state index >= 15 is 0 Å². The van der Waals surface area contributed by atoms with Crippen LogP contribution in [0.15, 0.2) is 0 Å². The van der Waals surface area contributed by atoms with Crippen molar-refractivity contribution in [2.75, 3.05) is 13.1 Å². The highest BCUT2D eigenvalue weighted by Gasteiger charge is 2.34. The summed E-state index contributed by atoms with van der Waals surface area (Å²) >= 11 is 0. The monoisotopic (exact) mass is 238 g/mol. The average Bonchev–Trinajstić information content (AvgIpc) is 2.90. The van der Waals surface area contributed by atoms with E-state index in [1.807, 2.05) is 4.90 Å². The molecular weight excluding hydrogens is 216 g/mol. The zero-order valence-corrected chi connectivity index (χ0v) is 10.6.